The molecule has 102 valence electrons. The lowest BCUT2D eigenvalue weighted by Crippen LogP contribution is -2.21. The molecule has 18 heavy (non-hydrogen) atoms. The maximum atomic E-state index is 6.27. The number of alkyl halides is 1. The molecule has 0 radical (unpaired) electrons. The SMILES string of the molecule is CCOc1cncc(NCC(Cl)CC(C)(C)C)n1. The topological polar surface area (TPSA) is 47.0 Å². The number of nitrogens with zero attached hydrogens (tertiary/aromatic N) is 2. The number of hydrogen-bond acceptors (Lipinski definition) is 4. The summed E-state index contributed by atoms with van der Waals surface area (Å²) in [6.07, 6.45) is 4.21. The molecule has 0 fully saturated rings. The van der Waals surface area contributed by atoms with Crippen LogP contribution < -0.4 is 10.1 Å². The zero-order valence-electron chi connectivity index (χ0n) is 11.5. The summed E-state index contributed by atoms with van der Waals surface area (Å²) >= 11 is 6.27. The average molecular weight is 272 g/mol. The van der Waals surface area contributed by atoms with Crippen LogP contribution in [0, 0.1) is 5.41 Å². The molecule has 1 N–H and O–H groups in total. The molecule has 1 atom stereocenters. The minimum atomic E-state index is 0.0718. The van der Waals surface area contributed by atoms with Crippen molar-refractivity contribution in [3.63, 3.8) is 0 Å². The van der Waals surface area contributed by atoms with Gasteiger partial charge in [0, 0.05) is 6.54 Å². The third kappa shape index (κ3) is 6.05. The van der Waals surface area contributed by atoms with Crippen molar-refractivity contribution in [2.24, 2.45) is 5.41 Å². The summed E-state index contributed by atoms with van der Waals surface area (Å²) in [5.74, 6) is 1.23. The maximum absolute atomic E-state index is 6.27. The second-order valence-electron chi connectivity index (χ2n) is 5.42. The van der Waals surface area contributed by atoms with E-state index in [1.807, 2.05) is 6.92 Å². The molecule has 0 aliphatic rings. The summed E-state index contributed by atoms with van der Waals surface area (Å²) < 4.78 is 5.29. The van der Waals surface area contributed by atoms with Gasteiger partial charge >= 0.3 is 0 Å². The van der Waals surface area contributed by atoms with E-state index in [2.05, 4.69) is 36.1 Å². The van der Waals surface area contributed by atoms with Gasteiger partial charge in [0.15, 0.2) is 0 Å². The van der Waals surface area contributed by atoms with Crippen molar-refractivity contribution < 1.29 is 4.74 Å². The van der Waals surface area contributed by atoms with Gasteiger partial charge in [0.05, 0.1) is 24.4 Å². The van der Waals surface area contributed by atoms with Gasteiger partial charge in [-0.05, 0) is 18.8 Å². The Morgan fingerprint density at radius 1 is 1.39 bits per heavy atom. The summed E-state index contributed by atoms with van der Waals surface area (Å²) in [6, 6.07) is 0. The van der Waals surface area contributed by atoms with Crippen molar-refractivity contribution in [1.29, 1.82) is 0 Å². The molecule has 0 aromatic carbocycles. The predicted octanol–water partition coefficient (Wildman–Crippen LogP) is 3.33. The molecule has 0 aliphatic heterocycles. The normalized spacial score (nSPS) is 13.2. The van der Waals surface area contributed by atoms with Crippen LogP contribution in [0.1, 0.15) is 34.1 Å². The van der Waals surface area contributed by atoms with E-state index >= 15 is 0 Å². The van der Waals surface area contributed by atoms with E-state index in [1.165, 1.54) is 0 Å². The first-order valence-corrected chi connectivity index (χ1v) is 6.67. The smallest absolute Gasteiger partial charge is 0.234 e. The number of rotatable bonds is 6. The van der Waals surface area contributed by atoms with Crippen LogP contribution in [0.5, 0.6) is 5.88 Å². The van der Waals surface area contributed by atoms with Crippen LogP contribution in [-0.2, 0) is 0 Å². The van der Waals surface area contributed by atoms with Gasteiger partial charge in [-0.3, -0.25) is 4.98 Å². The highest BCUT2D eigenvalue weighted by Crippen LogP contribution is 2.23. The van der Waals surface area contributed by atoms with Crippen molar-refractivity contribution in [3.05, 3.63) is 12.4 Å². The summed E-state index contributed by atoms with van der Waals surface area (Å²) in [5.41, 5.74) is 0.229. The van der Waals surface area contributed by atoms with Gasteiger partial charge < -0.3 is 10.1 Å². The Morgan fingerprint density at radius 2 is 2.11 bits per heavy atom. The first kappa shape index (κ1) is 15.0. The van der Waals surface area contributed by atoms with Crippen molar-refractivity contribution in [3.8, 4) is 5.88 Å². The Bertz CT molecular complexity index is 365. The van der Waals surface area contributed by atoms with Crippen molar-refractivity contribution >= 4 is 17.4 Å². The number of aromatic nitrogens is 2. The Labute approximate surface area is 114 Å². The largest absolute Gasteiger partial charge is 0.477 e. The number of hydrogen-bond donors (Lipinski definition) is 1. The Balaban J connectivity index is 2.45. The van der Waals surface area contributed by atoms with E-state index < -0.39 is 0 Å². The zero-order chi connectivity index (χ0) is 13.6. The Kier molecular flexibility index (Phi) is 5.66. The predicted molar refractivity (Wildman–Crippen MR) is 75.4 cm³/mol. The fraction of sp³-hybridized carbons (Fsp3) is 0.692. The molecule has 0 spiro atoms. The second-order valence-corrected chi connectivity index (χ2v) is 6.04. The fourth-order valence-electron chi connectivity index (χ4n) is 1.60. The summed E-state index contributed by atoms with van der Waals surface area (Å²) in [7, 11) is 0. The molecule has 0 saturated carbocycles. The lowest BCUT2D eigenvalue weighted by Gasteiger charge is -2.22. The number of halogens is 1. The van der Waals surface area contributed by atoms with Gasteiger partial charge in [0.1, 0.15) is 5.82 Å². The molecule has 1 heterocycles. The lowest BCUT2D eigenvalue weighted by molar-refractivity contribution is 0.325. The van der Waals surface area contributed by atoms with Crippen LogP contribution in [0.25, 0.3) is 0 Å². The molecular weight excluding hydrogens is 250 g/mol. The van der Waals surface area contributed by atoms with E-state index in [1.54, 1.807) is 12.4 Å². The second kappa shape index (κ2) is 6.78. The molecule has 1 aromatic heterocycles. The molecule has 0 saturated heterocycles. The molecule has 0 amide bonds. The van der Waals surface area contributed by atoms with Gasteiger partial charge in [0.2, 0.25) is 5.88 Å². The maximum Gasteiger partial charge on any atom is 0.234 e. The van der Waals surface area contributed by atoms with E-state index in [4.69, 9.17) is 16.3 Å². The highest BCUT2D eigenvalue weighted by atomic mass is 35.5. The van der Waals surface area contributed by atoms with Crippen molar-refractivity contribution in [2.45, 2.75) is 39.5 Å². The minimum absolute atomic E-state index is 0.0718. The van der Waals surface area contributed by atoms with Crippen LogP contribution in [-0.4, -0.2) is 28.5 Å². The van der Waals surface area contributed by atoms with Crippen LogP contribution in [0.4, 0.5) is 5.82 Å². The molecule has 1 rings (SSSR count). The van der Waals surface area contributed by atoms with E-state index in [9.17, 15) is 0 Å². The third-order valence-corrected chi connectivity index (χ3v) is 2.55. The summed E-state index contributed by atoms with van der Waals surface area (Å²) in [4.78, 5) is 8.34. The van der Waals surface area contributed by atoms with Crippen LogP contribution in [0.2, 0.25) is 0 Å². The minimum Gasteiger partial charge on any atom is -0.477 e. The zero-order valence-corrected chi connectivity index (χ0v) is 12.3. The van der Waals surface area contributed by atoms with Crippen LogP contribution in [0.3, 0.4) is 0 Å². The van der Waals surface area contributed by atoms with Gasteiger partial charge in [-0.15, -0.1) is 11.6 Å². The Hall–Kier alpha value is -1.03. The van der Waals surface area contributed by atoms with Crippen molar-refractivity contribution in [1.82, 2.24) is 9.97 Å². The first-order valence-electron chi connectivity index (χ1n) is 6.23. The molecule has 4 nitrogen and oxygen atoms in total. The number of nitrogens with one attached hydrogen (secondary N) is 1. The van der Waals surface area contributed by atoms with Crippen LogP contribution >= 0.6 is 11.6 Å². The quantitative estimate of drug-likeness (QED) is 0.806. The first-order chi connectivity index (χ1) is 8.40. The van der Waals surface area contributed by atoms with Crippen molar-refractivity contribution in [2.75, 3.05) is 18.5 Å². The summed E-state index contributed by atoms with van der Waals surface area (Å²) in [5, 5.41) is 3.25. The standard InChI is InChI=1S/C13H22ClN3O/c1-5-18-12-9-15-8-11(17-12)16-7-10(14)6-13(2,3)4/h8-10H,5-7H2,1-4H3,(H,16,17). The highest BCUT2D eigenvalue weighted by molar-refractivity contribution is 6.20. The molecule has 0 bridgehead atoms. The van der Waals surface area contributed by atoms with Gasteiger partial charge in [0.25, 0.3) is 0 Å². The molecular formula is C13H22ClN3O. The van der Waals surface area contributed by atoms with E-state index in [-0.39, 0.29) is 10.8 Å². The third-order valence-electron chi connectivity index (χ3n) is 2.24. The molecule has 5 heteroatoms. The average Bonchev–Trinajstić information content (AvgIpc) is 2.25. The fourth-order valence-corrected chi connectivity index (χ4v) is 2.14. The molecule has 1 unspecified atom stereocenters. The van der Waals surface area contributed by atoms with E-state index in [0.717, 1.165) is 6.42 Å². The van der Waals surface area contributed by atoms with Gasteiger partial charge in [-0.1, -0.05) is 20.8 Å². The van der Waals surface area contributed by atoms with E-state index in [0.29, 0.717) is 24.8 Å². The van der Waals surface area contributed by atoms with Crippen LogP contribution in [0.15, 0.2) is 12.4 Å². The van der Waals surface area contributed by atoms with Gasteiger partial charge in [-0.2, -0.15) is 4.98 Å². The van der Waals surface area contributed by atoms with Gasteiger partial charge in [-0.25, -0.2) is 0 Å². The summed E-state index contributed by atoms with van der Waals surface area (Å²) in [6.45, 7) is 9.71. The number of ether oxygens (including phenoxy) is 1. The molecule has 1 aromatic rings. The highest BCUT2D eigenvalue weighted by Gasteiger charge is 2.16. The lowest BCUT2D eigenvalue weighted by atomic mass is 9.90. The molecule has 0 aliphatic carbocycles. The number of anilines is 1. The Morgan fingerprint density at radius 3 is 2.72 bits per heavy atom. The monoisotopic (exact) mass is 271 g/mol.